The van der Waals surface area contributed by atoms with Gasteiger partial charge in [-0.05, 0) is 35.9 Å². The number of halogens is 1. The number of hydrogen-bond donors (Lipinski definition) is 3. The summed E-state index contributed by atoms with van der Waals surface area (Å²) in [6, 6.07) is 11.7. The van der Waals surface area contributed by atoms with Crippen molar-refractivity contribution in [2.24, 2.45) is 0 Å². The zero-order chi connectivity index (χ0) is 20.3. The van der Waals surface area contributed by atoms with Crippen LogP contribution in [0.1, 0.15) is 15.9 Å². The quantitative estimate of drug-likeness (QED) is 0.584. The number of anilines is 1. The van der Waals surface area contributed by atoms with Crippen LogP contribution in [-0.4, -0.2) is 33.6 Å². The number of amides is 1. The van der Waals surface area contributed by atoms with Crippen LogP contribution < -0.4 is 16.2 Å². The van der Waals surface area contributed by atoms with Gasteiger partial charge in [-0.3, -0.25) is 19.0 Å². The second-order valence-electron chi connectivity index (χ2n) is 6.01. The fourth-order valence-corrected chi connectivity index (χ4v) is 2.84. The second-order valence-corrected chi connectivity index (χ2v) is 6.45. The Bertz CT molecular complexity index is 1110. The van der Waals surface area contributed by atoms with Gasteiger partial charge in [0.2, 0.25) is 0 Å². The molecule has 0 bridgehead atoms. The zero-order valence-corrected chi connectivity index (χ0v) is 15.7. The first kappa shape index (κ1) is 19.4. The number of nitrogens with zero attached hydrogens (tertiary/aromatic N) is 2. The zero-order valence-electron chi connectivity index (χ0n) is 14.9. The fraction of sp³-hybridized carbons (Fsp3) is 0.158. The maximum atomic E-state index is 12.8. The SMILES string of the molecule is CNc1ccc2cc(C(=O)NCc3ccc(Cl)cc3)c(=O)n(CC(=O)O)c2n1. The maximum absolute atomic E-state index is 12.8. The van der Waals surface area contributed by atoms with Crippen molar-refractivity contribution in [3.8, 4) is 0 Å². The molecule has 3 aromatic rings. The summed E-state index contributed by atoms with van der Waals surface area (Å²) in [7, 11) is 1.66. The lowest BCUT2D eigenvalue weighted by Crippen LogP contribution is -2.34. The van der Waals surface area contributed by atoms with Crippen molar-refractivity contribution in [2.75, 3.05) is 12.4 Å². The summed E-state index contributed by atoms with van der Waals surface area (Å²) in [4.78, 5) is 40.8. The molecule has 0 fully saturated rings. The number of carbonyl (C=O) groups excluding carboxylic acids is 1. The Labute approximate surface area is 164 Å². The maximum Gasteiger partial charge on any atom is 0.323 e. The molecule has 1 amide bonds. The molecule has 8 nitrogen and oxygen atoms in total. The molecule has 0 spiro atoms. The molecular formula is C19H17ClN4O4. The van der Waals surface area contributed by atoms with Crippen LogP contribution in [0, 0.1) is 0 Å². The number of hydrogen-bond acceptors (Lipinski definition) is 5. The van der Waals surface area contributed by atoms with Gasteiger partial charge in [0.1, 0.15) is 23.6 Å². The van der Waals surface area contributed by atoms with Crippen molar-refractivity contribution in [3.63, 3.8) is 0 Å². The monoisotopic (exact) mass is 400 g/mol. The Morgan fingerprint density at radius 1 is 1.18 bits per heavy atom. The first-order chi connectivity index (χ1) is 13.4. The van der Waals surface area contributed by atoms with Crippen molar-refractivity contribution >= 4 is 40.3 Å². The van der Waals surface area contributed by atoms with Gasteiger partial charge in [-0.15, -0.1) is 0 Å². The van der Waals surface area contributed by atoms with E-state index in [1.807, 2.05) is 0 Å². The molecule has 0 unspecified atom stereocenters. The predicted octanol–water partition coefficient (Wildman–Crippen LogP) is 2.11. The number of carboxylic acid groups (broad SMARTS) is 1. The Morgan fingerprint density at radius 3 is 2.54 bits per heavy atom. The molecular weight excluding hydrogens is 384 g/mol. The molecule has 0 atom stereocenters. The topological polar surface area (TPSA) is 113 Å². The van der Waals surface area contributed by atoms with E-state index in [-0.39, 0.29) is 17.8 Å². The van der Waals surface area contributed by atoms with Crippen LogP contribution in [0.25, 0.3) is 11.0 Å². The highest BCUT2D eigenvalue weighted by atomic mass is 35.5. The van der Waals surface area contributed by atoms with Crippen molar-refractivity contribution < 1.29 is 14.7 Å². The number of benzene rings is 1. The van der Waals surface area contributed by atoms with E-state index in [1.165, 1.54) is 6.07 Å². The average Bonchev–Trinajstić information content (AvgIpc) is 2.68. The Hall–Kier alpha value is -3.39. The summed E-state index contributed by atoms with van der Waals surface area (Å²) in [6.45, 7) is -0.406. The summed E-state index contributed by atoms with van der Waals surface area (Å²) >= 11 is 5.84. The molecule has 2 aromatic heterocycles. The number of aromatic nitrogens is 2. The molecule has 3 N–H and O–H groups in total. The summed E-state index contributed by atoms with van der Waals surface area (Å²) in [5.74, 6) is -1.33. The number of fused-ring (bicyclic) bond motifs is 1. The largest absolute Gasteiger partial charge is 0.480 e. The highest BCUT2D eigenvalue weighted by Crippen LogP contribution is 2.15. The molecule has 0 aliphatic rings. The number of carboxylic acids is 1. The third-order valence-electron chi connectivity index (χ3n) is 4.10. The number of pyridine rings is 2. The van der Waals surface area contributed by atoms with Crippen LogP contribution in [0.4, 0.5) is 5.82 Å². The summed E-state index contributed by atoms with van der Waals surface area (Å²) in [5, 5.41) is 15.7. The van der Waals surface area contributed by atoms with E-state index >= 15 is 0 Å². The Balaban J connectivity index is 1.98. The molecule has 1 aromatic carbocycles. The smallest absolute Gasteiger partial charge is 0.323 e. The van der Waals surface area contributed by atoms with Crippen molar-refractivity contribution in [3.05, 3.63) is 69.0 Å². The molecule has 28 heavy (non-hydrogen) atoms. The van der Waals surface area contributed by atoms with E-state index in [4.69, 9.17) is 16.7 Å². The number of nitrogens with one attached hydrogen (secondary N) is 2. The lowest BCUT2D eigenvalue weighted by atomic mass is 10.1. The second kappa shape index (κ2) is 8.10. The lowest BCUT2D eigenvalue weighted by molar-refractivity contribution is -0.137. The standard InChI is InChI=1S/C19H17ClN4O4/c1-21-15-7-4-12-8-14(19(28)24(10-16(25)26)17(12)23-15)18(27)22-9-11-2-5-13(20)6-3-11/h2-8H,9-10H2,1H3,(H,21,23)(H,22,27)(H,25,26). The molecule has 0 saturated heterocycles. The van der Waals surface area contributed by atoms with Crippen molar-refractivity contribution in [2.45, 2.75) is 13.1 Å². The predicted molar refractivity (Wildman–Crippen MR) is 106 cm³/mol. The third-order valence-corrected chi connectivity index (χ3v) is 4.35. The molecule has 9 heteroatoms. The highest BCUT2D eigenvalue weighted by Gasteiger charge is 2.18. The highest BCUT2D eigenvalue weighted by molar-refractivity contribution is 6.30. The van der Waals surface area contributed by atoms with Crippen LogP contribution in [-0.2, 0) is 17.9 Å². The molecule has 0 radical (unpaired) electrons. The number of aliphatic carboxylic acids is 1. The van der Waals surface area contributed by atoms with E-state index in [0.717, 1.165) is 10.1 Å². The molecule has 0 aliphatic heterocycles. The van der Waals surface area contributed by atoms with Gasteiger partial charge in [-0.25, -0.2) is 4.98 Å². The molecule has 2 heterocycles. The van der Waals surface area contributed by atoms with Crippen LogP contribution in [0.3, 0.4) is 0 Å². The van der Waals surface area contributed by atoms with E-state index in [9.17, 15) is 14.4 Å². The van der Waals surface area contributed by atoms with Gasteiger partial charge in [-0.1, -0.05) is 23.7 Å². The van der Waals surface area contributed by atoms with Gasteiger partial charge in [0.15, 0.2) is 0 Å². The molecule has 0 aliphatic carbocycles. The number of carbonyl (C=O) groups is 2. The van der Waals surface area contributed by atoms with E-state index in [0.29, 0.717) is 16.2 Å². The normalized spacial score (nSPS) is 10.6. The molecule has 144 valence electrons. The Kier molecular flexibility index (Phi) is 5.60. The first-order valence-corrected chi connectivity index (χ1v) is 8.73. The van der Waals surface area contributed by atoms with E-state index in [1.54, 1.807) is 43.4 Å². The third kappa shape index (κ3) is 4.12. The van der Waals surface area contributed by atoms with E-state index < -0.39 is 24.0 Å². The Morgan fingerprint density at radius 2 is 1.89 bits per heavy atom. The molecule has 0 saturated carbocycles. The van der Waals surface area contributed by atoms with Crippen LogP contribution in [0.2, 0.25) is 5.02 Å². The first-order valence-electron chi connectivity index (χ1n) is 8.36. The fourth-order valence-electron chi connectivity index (χ4n) is 2.71. The van der Waals surface area contributed by atoms with Gasteiger partial charge in [0.05, 0.1) is 0 Å². The average molecular weight is 401 g/mol. The lowest BCUT2D eigenvalue weighted by Gasteiger charge is -2.12. The van der Waals surface area contributed by atoms with Crippen molar-refractivity contribution in [1.82, 2.24) is 14.9 Å². The summed E-state index contributed by atoms with van der Waals surface area (Å²) in [5.41, 5.74) is 0.129. The van der Waals surface area contributed by atoms with Crippen LogP contribution in [0.5, 0.6) is 0 Å². The van der Waals surface area contributed by atoms with E-state index in [2.05, 4.69) is 15.6 Å². The minimum Gasteiger partial charge on any atom is -0.480 e. The summed E-state index contributed by atoms with van der Waals surface area (Å²) in [6.07, 6.45) is 0. The van der Waals surface area contributed by atoms with Gasteiger partial charge in [-0.2, -0.15) is 0 Å². The van der Waals surface area contributed by atoms with Gasteiger partial charge in [0, 0.05) is 24.0 Å². The van der Waals surface area contributed by atoms with Gasteiger partial charge >= 0.3 is 5.97 Å². The molecule has 3 rings (SSSR count). The van der Waals surface area contributed by atoms with Crippen molar-refractivity contribution in [1.29, 1.82) is 0 Å². The minimum absolute atomic E-state index is 0.151. The minimum atomic E-state index is -1.21. The van der Waals surface area contributed by atoms with Crippen LogP contribution >= 0.6 is 11.6 Å². The van der Waals surface area contributed by atoms with Crippen LogP contribution in [0.15, 0.2) is 47.3 Å². The number of rotatable bonds is 6. The summed E-state index contributed by atoms with van der Waals surface area (Å²) < 4.78 is 0.982. The van der Waals surface area contributed by atoms with Gasteiger partial charge in [0.25, 0.3) is 11.5 Å². The van der Waals surface area contributed by atoms with Gasteiger partial charge < -0.3 is 15.7 Å².